The molecule has 9 aromatic carbocycles. The van der Waals surface area contributed by atoms with E-state index in [1.165, 1.54) is 0 Å². The number of hydrogen-bond donors (Lipinski definition) is 0. The molecule has 6 nitrogen and oxygen atoms in total. The second-order valence-electron chi connectivity index (χ2n) is 16.3. The Labute approximate surface area is 368 Å². The molecule has 0 spiro atoms. The summed E-state index contributed by atoms with van der Waals surface area (Å²) in [6.07, 6.45) is 2.19. The maximum absolute atomic E-state index is 5.67. The first-order valence-corrected chi connectivity index (χ1v) is 21.6. The van der Waals surface area contributed by atoms with Crippen molar-refractivity contribution < 1.29 is 4.68 Å². The van der Waals surface area contributed by atoms with Gasteiger partial charge in [-0.05, 0) is 52.6 Å². The lowest BCUT2D eigenvalue weighted by Gasteiger charge is -2.15. The molecule has 0 aliphatic carbocycles. The highest BCUT2D eigenvalue weighted by molar-refractivity contribution is 6.23. The summed E-state index contributed by atoms with van der Waals surface area (Å²) in [6, 6.07) is 77.0. The normalized spacial score (nSPS) is 11.8. The van der Waals surface area contributed by atoms with Gasteiger partial charge >= 0.3 is 0 Å². The van der Waals surface area contributed by atoms with E-state index in [1.54, 1.807) is 0 Å². The van der Waals surface area contributed by atoms with E-state index in [2.05, 4.69) is 239 Å². The highest BCUT2D eigenvalue weighted by atomic mass is 15.5. The molecule has 0 aliphatic heterocycles. The smallest absolute Gasteiger partial charge is 0.262 e. The van der Waals surface area contributed by atoms with E-state index in [-0.39, 0.29) is 0 Å². The largest absolute Gasteiger partial charge is 0.290 e. The molecule has 4 aromatic heterocycles. The van der Waals surface area contributed by atoms with Gasteiger partial charge in [-0.1, -0.05) is 187 Å². The topological polar surface area (TPSA) is 52.4 Å². The van der Waals surface area contributed by atoms with Crippen molar-refractivity contribution in [2.24, 2.45) is 0 Å². The highest BCUT2D eigenvalue weighted by Crippen LogP contribution is 2.42. The Hall–Kier alpha value is -8.74. The molecule has 0 amide bonds. The summed E-state index contributed by atoms with van der Waals surface area (Å²) in [5, 5.41) is 4.54. The number of para-hydroxylation sites is 2. The summed E-state index contributed by atoms with van der Waals surface area (Å²) in [5.41, 5.74) is 15.9. The molecule has 298 valence electrons. The Morgan fingerprint density at radius 2 is 0.875 bits per heavy atom. The molecule has 0 aliphatic rings. The summed E-state index contributed by atoms with van der Waals surface area (Å²) in [5.74, 6) is 0.764. The molecular weight excluding hydrogens is 781 g/mol. The minimum Gasteiger partial charge on any atom is -0.290 e. The monoisotopic (exact) mass is 817 g/mol. The van der Waals surface area contributed by atoms with Crippen LogP contribution in [0, 0.1) is 0 Å². The Bertz CT molecular complexity index is 3930. The zero-order valence-corrected chi connectivity index (χ0v) is 34.5. The minimum absolute atomic E-state index is 0.764. The first-order valence-electron chi connectivity index (χ1n) is 21.6. The fourth-order valence-corrected chi connectivity index (χ4v) is 9.59. The first-order chi connectivity index (χ1) is 31.7. The van der Waals surface area contributed by atoms with Gasteiger partial charge in [0.25, 0.3) is 5.52 Å². The molecule has 4 heterocycles. The predicted octanol–water partition coefficient (Wildman–Crippen LogP) is 13.6. The van der Waals surface area contributed by atoms with Gasteiger partial charge in [0.15, 0.2) is 5.82 Å². The second-order valence-corrected chi connectivity index (χ2v) is 16.3. The maximum Gasteiger partial charge on any atom is 0.262 e. The molecule has 0 N–H and O–H groups in total. The van der Waals surface area contributed by atoms with E-state index in [0.29, 0.717) is 0 Å². The molecule has 13 rings (SSSR count). The van der Waals surface area contributed by atoms with Crippen LogP contribution in [0.5, 0.6) is 0 Å². The van der Waals surface area contributed by atoms with E-state index in [9.17, 15) is 0 Å². The molecule has 0 fully saturated rings. The number of rotatable bonds is 6. The van der Waals surface area contributed by atoms with Crippen molar-refractivity contribution in [1.29, 1.82) is 0 Å². The van der Waals surface area contributed by atoms with Crippen molar-refractivity contribution in [1.82, 2.24) is 24.2 Å². The van der Waals surface area contributed by atoms with Crippen molar-refractivity contribution in [2.75, 3.05) is 0 Å². The Kier molecular flexibility index (Phi) is 8.11. The summed E-state index contributed by atoms with van der Waals surface area (Å²) in [6.45, 7) is 0. The molecule has 6 heteroatoms. The summed E-state index contributed by atoms with van der Waals surface area (Å²) in [7, 11) is 0. The van der Waals surface area contributed by atoms with Crippen molar-refractivity contribution in [3.05, 3.63) is 225 Å². The third kappa shape index (κ3) is 5.66. The lowest BCUT2D eigenvalue weighted by molar-refractivity contribution is -0.695. The average Bonchev–Trinajstić information content (AvgIpc) is 3.89. The zero-order chi connectivity index (χ0) is 42.1. The number of fused-ring (bicyclic) bond motifs is 9. The second kappa shape index (κ2) is 14.4. The zero-order valence-electron chi connectivity index (χ0n) is 34.5. The van der Waals surface area contributed by atoms with Crippen molar-refractivity contribution in [3.8, 4) is 50.6 Å². The molecule has 64 heavy (non-hydrogen) atoms. The van der Waals surface area contributed by atoms with Gasteiger partial charge in [-0.25, -0.2) is 15.0 Å². The summed E-state index contributed by atoms with van der Waals surface area (Å²) < 4.78 is 7.08. The molecule has 0 unspecified atom stereocenters. The van der Waals surface area contributed by atoms with Crippen LogP contribution in [0.25, 0.3) is 116 Å². The first kappa shape index (κ1) is 36.0. The van der Waals surface area contributed by atoms with Crippen molar-refractivity contribution in [2.45, 2.75) is 0 Å². The Balaban J connectivity index is 1.20. The van der Waals surface area contributed by atoms with Gasteiger partial charge < -0.3 is 0 Å². The SMILES string of the molecule is c1ccc(-c2ccc3nc(-c4ccccc4)c(-n4c5ccccc5c5ccc6c7ccccc7n(-[n+]7cc(-c8ccccc8)nc8ccc(-c9ccccc9)cc87)c6c54)nc3c2)cc1. The third-order valence-corrected chi connectivity index (χ3v) is 12.6. The molecule has 0 saturated heterocycles. The lowest BCUT2D eigenvalue weighted by atomic mass is 10.0. The van der Waals surface area contributed by atoms with Gasteiger partial charge in [0.05, 0.1) is 22.1 Å². The van der Waals surface area contributed by atoms with Crippen LogP contribution in [0.3, 0.4) is 0 Å². The van der Waals surface area contributed by atoms with Crippen LogP contribution in [0.1, 0.15) is 0 Å². The fourth-order valence-electron chi connectivity index (χ4n) is 9.59. The van der Waals surface area contributed by atoms with Crippen molar-refractivity contribution >= 4 is 65.7 Å². The maximum atomic E-state index is 5.67. The molecule has 0 atom stereocenters. The molecular formula is C58H37N6+. The van der Waals surface area contributed by atoms with Gasteiger partial charge in [0.2, 0.25) is 6.20 Å². The molecule has 0 radical (unpaired) electrons. The van der Waals surface area contributed by atoms with Crippen LogP contribution in [-0.4, -0.2) is 24.2 Å². The van der Waals surface area contributed by atoms with Gasteiger partial charge in [-0.2, -0.15) is 0 Å². The Morgan fingerprint density at radius 3 is 1.55 bits per heavy atom. The minimum atomic E-state index is 0.764. The third-order valence-electron chi connectivity index (χ3n) is 12.6. The molecule has 13 aromatic rings. The van der Waals surface area contributed by atoms with E-state index < -0.39 is 0 Å². The van der Waals surface area contributed by atoms with Crippen LogP contribution in [-0.2, 0) is 0 Å². The van der Waals surface area contributed by atoms with Crippen LogP contribution in [0.15, 0.2) is 225 Å². The van der Waals surface area contributed by atoms with E-state index in [4.69, 9.17) is 15.0 Å². The van der Waals surface area contributed by atoms with E-state index >= 15 is 0 Å². The van der Waals surface area contributed by atoms with Crippen molar-refractivity contribution in [3.63, 3.8) is 0 Å². The summed E-state index contributed by atoms with van der Waals surface area (Å²) >= 11 is 0. The van der Waals surface area contributed by atoms with E-state index in [1.807, 2.05) is 0 Å². The average molecular weight is 818 g/mol. The van der Waals surface area contributed by atoms with Gasteiger partial charge in [0, 0.05) is 38.7 Å². The fraction of sp³-hybridized carbons (Fsp3) is 0. The van der Waals surface area contributed by atoms with Crippen LogP contribution < -0.4 is 4.68 Å². The van der Waals surface area contributed by atoms with E-state index in [0.717, 1.165) is 116 Å². The molecule has 0 bridgehead atoms. The van der Waals surface area contributed by atoms with Crippen LogP contribution >= 0.6 is 0 Å². The number of aromatic nitrogens is 6. The number of benzene rings is 9. The highest BCUT2D eigenvalue weighted by Gasteiger charge is 2.28. The number of nitrogens with zero attached hydrogens (tertiary/aromatic N) is 6. The summed E-state index contributed by atoms with van der Waals surface area (Å²) in [4.78, 5) is 16.5. The predicted molar refractivity (Wildman–Crippen MR) is 261 cm³/mol. The standard InChI is InChI=1S/C58H37N6/c1-5-17-38(18-6-1)42-29-33-48-50(35-42)61-58(55(60-48)41-23-11-4-12-24-41)63-52-27-15-13-25-44(52)46-31-32-47-45-26-14-16-28-53(45)64(57(47)56(46)63)62-37-51(40-21-9-3-10-22-40)59-49-34-30-43(36-54(49)62)39-19-7-2-8-20-39/h1-37H/q+1. The van der Waals surface area contributed by atoms with Crippen LogP contribution in [0.4, 0.5) is 0 Å². The van der Waals surface area contributed by atoms with Gasteiger partial charge in [-0.15, -0.1) is 4.68 Å². The van der Waals surface area contributed by atoms with Gasteiger partial charge in [0.1, 0.15) is 27.9 Å². The molecule has 0 saturated carbocycles. The Morgan fingerprint density at radius 1 is 0.344 bits per heavy atom. The quantitative estimate of drug-likeness (QED) is 0.157. The number of hydrogen-bond acceptors (Lipinski definition) is 3. The van der Waals surface area contributed by atoms with Gasteiger partial charge in [-0.3, -0.25) is 4.57 Å². The van der Waals surface area contributed by atoms with Crippen LogP contribution in [0.2, 0.25) is 0 Å². The lowest BCUT2D eigenvalue weighted by Crippen LogP contribution is -2.42.